The Morgan fingerprint density at radius 3 is 3.00 bits per heavy atom. The van der Waals surface area contributed by atoms with E-state index in [0.29, 0.717) is 5.57 Å². The van der Waals surface area contributed by atoms with Crippen molar-refractivity contribution in [3.05, 3.63) is 23.3 Å². The fraction of sp³-hybridized carbons (Fsp3) is 0.444. The molecule has 13 heavy (non-hydrogen) atoms. The van der Waals surface area contributed by atoms with Crippen molar-refractivity contribution < 1.29 is 9.35 Å². The lowest BCUT2D eigenvalue weighted by Crippen LogP contribution is -2.18. The SMILES string of the molecule is CCC1=CC(C(N)=O)=CC(SO)C1. The maximum absolute atomic E-state index is 10.9. The van der Waals surface area contributed by atoms with Crippen LogP contribution in [0.3, 0.4) is 0 Å². The third kappa shape index (κ3) is 2.60. The Morgan fingerprint density at radius 1 is 1.85 bits per heavy atom. The summed E-state index contributed by atoms with van der Waals surface area (Å²) in [5.74, 6) is -0.426. The van der Waals surface area contributed by atoms with E-state index in [4.69, 9.17) is 10.3 Å². The number of hydrogen-bond acceptors (Lipinski definition) is 3. The fourth-order valence-electron chi connectivity index (χ4n) is 1.31. The molecule has 1 amide bonds. The molecule has 0 spiro atoms. The van der Waals surface area contributed by atoms with Crippen molar-refractivity contribution in [3.8, 4) is 0 Å². The summed E-state index contributed by atoms with van der Waals surface area (Å²) in [5.41, 5.74) is 6.82. The van der Waals surface area contributed by atoms with E-state index >= 15 is 0 Å². The van der Waals surface area contributed by atoms with Crippen molar-refractivity contribution in [1.82, 2.24) is 0 Å². The number of carbonyl (C=O) groups is 1. The molecule has 0 fully saturated rings. The van der Waals surface area contributed by atoms with Crippen LogP contribution >= 0.6 is 12.0 Å². The molecule has 0 heterocycles. The lowest BCUT2D eigenvalue weighted by molar-refractivity contribution is -0.114. The second-order valence-electron chi connectivity index (χ2n) is 2.99. The highest BCUT2D eigenvalue weighted by Crippen LogP contribution is 2.26. The van der Waals surface area contributed by atoms with Crippen LogP contribution in [0.5, 0.6) is 0 Å². The molecule has 0 aromatic carbocycles. The Balaban J connectivity index is 2.85. The van der Waals surface area contributed by atoms with E-state index < -0.39 is 5.91 Å². The first-order chi connectivity index (χ1) is 6.17. The van der Waals surface area contributed by atoms with Crippen molar-refractivity contribution in [2.75, 3.05) is 0 Å². The molecular formula is C9H13NO2S. The lowest BCUT2D eigenvalue weighted by atomic mass is 9.97. The first-order valence-electron chi connectivity index (χ1n) is 4.18. The van der Waals surface area contributed by atoms with E-state index in [9.17, 15) is 4.79 Å². The average molecular weight is 199 g/mol. The Hall–Kier alpha value is -0.740. The molecule has 0 saturated heterocycles. The number of allylic oxidation sites excluding steroid dienone is 1. The third-order valence-electron chi connectivity index (χ3n) is 2.06. The minimum atomic E-state index is -0.426. The van der Waals surface area contributed by atoms with Crippen LogP contribution in [0, 0.1) is 0 Å². The van der Waals surface area contributed by atoms with Crippen LogP contribution in [0.4, 0.5) is 0 Å². The van der Waals surface area contributed by atoms with Crippen LogP contribution in [0.2, 0.25) is 0 Å². The Kier molecular flexibility index (Phi) is 3.57. The summed E-state index contributed by atoms with van der Waals surface area (Å²) >= 11 is 0.761. The van der Waals surface area contributed by atoms with Crippen molar-refractivity contribution in [3.63, 3.8) is 0 Å². The predicted molar refractivity (Wildman–Crippen MR) is 54.3 cm³/mol. The van der Waals surface area contributed by atoms with Gasteiger partial charge in [-0.3, -0.25) is 4.79 Å². The molecule has 1 atom stereocenters. The summed E-state index contributed by atoms with van der Waals surface area (Å²) in [5, 5.41) is -0.0255. The van der Waals surface area contributed by atoms with Crippen LogP contribution in [-0.2, 0) is 4.79 Å². The second-order valence-corrected chi connectivity index (χ2v) is 3.81. The highest BCUT2D eigenvalue weighted by Gasteiger charge is 2.16. The van der Waals surface area contributed by atoms with Crippen molar-refractivity contribution >= 4 is 17.9 Å². The number of amides is 1. The van der Waals surface area contributed by atoms with Gasteiger partial charge < -0.3 is 10.3 Å². The Labute approximate surface area is 81.9 Å². The zero-order valence-electron chi connectivity index (χ0n) is 7.49. The highest BCUT2D eigenvalue weighted by molar-refractivity contribution is 7.94. The molecule has 1 aliphatic rings. The minimum absolute atomic E-state index is 0.0255. The first-order valence-corrected chi connectivity index (χ1v) is 5.02. The van der Waals surface area contributed by atoms with Gasteiger partial charge in [0.15, 0.2) is 0 Å². The van der Waals surface area contributed by atoms with E-state index in [1.54, 1.807) is 6.08 Å². The second kappa shape index (κ2) is 4.48. The van der Waals surface area contributed by atoms with Gasteiger partial charge in [-0.2, -0.15) is 0 Å². The van der Waals surface area contributed by atoms with E-state index in [0.717, 1.165) is 30.5 Å². The number of nitrogens with two attached hydrogens (primary N) is 1. The van der Waals surface area contributed by atoms with Crippen LogP contribution in [-0.4, -0.2) is 15.7 Å². The molecule has 1 rings (SSSR count). The van der Waals surface area contributed by atoms with Crippen molar-refractivity contribution in [2.24, 2.45) is 5.73 Å². The van der Waals surface area contributed by atoms with Crippen molar-refractivity contribution in [1.29, 1.82) is 0 Å². The standard InChI is InChI=1S/C9H13NO2S/c1-2-6-3-7(9(10)11)5-8(4-6)13-12/h3,5,8,12H,2,4H2,1H3,(H2,10,11). The van der Waals surface area contributed by atoms with E-state index in [-0.39, 0.29) is 5.25 Å². The van der Waals surface area contributed by atoms with E-state index in [2.05, 4.69) is 0 Å². The lowest BCUT2D eigenvalue weighted by Gasteiger charge is -2.16. The molecule has 1 aliphatic carbocycles. The number of hydrogen-bond donors (Lipinski definition) is 2. The van der Waals surface area contributed by atoms with Gasteiger partial charge in [0.05, 0.1) is 5.25 Å². The Morgan fingerprint density at radius 2 is 2.54 bits per heavy atom. The van der Waals surface area contributed by atoms with Crippen molar-refractivity contribution in [2.45, 2.75) is 25.0 Å². The van der Waals surface area contributed by atoms with Gasteiger partial charge in [0.2, 0.25) is 5.91 Å². The molecule has 0 aromatic rings. The smallest absolute Gasteiger partial charge is 0.248 e. The minimum Gasteiger partial charge on any atom is -0.366 e. The molecule has 72 valence electrons. The van der Waals surface area contributed by atoms with E-state index in [1.165, 1.54) is 0 Å². The number of carbonyl (C=O) groups excluding carboxylic acids is 1. The highest BCUT2D eigenvalue weighted by atomic mass is 32.2. The van der Waals surface area contributed by atoms with E-state index in [1.807, 2.05) is 13.0 Å². The number of rotatable bonds is 3. The zero-order chi connectivity index (χ0) is 9.84. The van der Waals surface area contributed by atoms with Gasteiger partial charge in [-0.15, -0.1) is 0 Å². The van der Waals surface area contributed by atoms with Crippen LogP contribution < -0.4 is 5.73 Å². The summed E-state index contributed by atoms with van der Waals surface area (Å²) in [7, 11) is 0. The maximum Gasteiger partial charge on any atom is 0.248 e. The molecule has 0 aliphatic heterocycles. The monoisotopic (exact) mass is 199 g/mol. The summed E-state index contributed by atoms with van der Waals surface area (Å²) in [6.07, 6.45) is 5.22. The summed E-state index contributed by atoms with van der Waals surface area (Å²) < 4.78 is 8.90. The van der Waals surface area contributed by atoms with Gasteiger partial charge in [-0.25, -0.2) is 0 Å². The molecule has 0 bridgehead atoms. The van der Waals surface area contributed by atoms with Gasteiger partial charge >= 0.3 is 0 Å². The van der Waals surface area contributed by atoms with Crippen LogP contribution in [0.25, 0.3) is 0 Å². The van der Waals surface area contributed by atoms with Gasteiger partial charge in [0.25, 0.3) is 0 Å². The zero-order valence-corrected chi connectivity index (χ0v) is 8.30. The quantitative estimate of drug-likeness (QED) is 0.680. The molecule has 3 N–H and O–H groups in total. The van der Waals surface area contributed by atoms with Gasteiger partial charge in [0.1, 0.15) is 0 Å². The van der Waals surface area contributed by atoms with Gasteiger partial charge in [0, 0.05) is 5.57 Å². The molecule has 0 aromatic heterocycles. The molecule has 1 unspecified atom stereocenters. The Bertz CT molecular complexity index is 271. The fourth-order valence-corrected chi connectivity index (χ4v) is 1.81. The molecule has 4 heteroatoms. The largest absolute Gasteiger partial charge is 0.366 e. The topological polar surface area (TPSA) is 63.3 Å². The normalized spacial score (nSPS) is 22.2. The average Bonchev–Trinajstić information content (AvgIpc) is 2.16. The van der Waals surface area contributed by atoms with Crippen LogP contribution in [0.1, 0.15) is 19.8 Å². The summed E-state index contributed by atoms with van der Waals surface area (Å²) in [4.78, 5) is 10.9. The van der Waals surface area contributed by atoms with Gasteiger partial charge in [-0.1, -0.05) is 24.6 Å². The number of primary amides is 1. The first kappa shape index (κ1) is 10.3. The maximum atomic E-state index is 10.9. The molecular weight excluding hydrogens is 186 g/mol. The predicted octanol–water partition coefficient (Wildman–Crippen LogP) is 1.71. The van der Waals surface area contributed by atoms with Crippen LogP contribution in [0.15, 0.2) is 23.3 Å². The molecule has 0 radical (unpaired) electrons. The summed E-state index contributed by atoms with van der Waals surface area (Å²) in [6.45, 7) is 2.02. The third-order valence-corrected chi connectivity index (χ3v) is 2.64. The van der Waals surface area contributed by atoms with Gasteiger partial charge in [-0.05, 0) is 24.9 Å². The molecule has 3 nitrogen and oxygen atoms in total. The summed E-state index contributed by atoms with van der Waals surface area (Å²) in [6, 6.07) is 0. The molecule has 0 saturated carbocycles.